The normalized spacial score (nSPS) is 34.5. The molecule has 1 amide bonds. The van der Waals surface area contributed by atoms with Crippen molar-refractivity contribution in [2.24, 2.45) is 17.1 Å². The van der Waals surface area contributed by atoms with E-state index >= 15 is 0 Å². The van der Waals surface area contributed by atoms with E-state index in [1.807, 2.05) is 6.92 Å². The van der Waals surface area contributed by atoms with Gasteiger partial charge in [0, 0.05) is 11.5 Å². The molecule has 1 saturated carbocycles. The average molecular weight is 265 g/mol. The fourth-order valence-electron chi connectivity index (χ4n) is 3.31. The minimum atomic E-state index is -0.685. The van der Waals surface area contributed by atoms with Gasteiger partial charge in [0.2, 0.25) is 5.91 Å². The Morgan fingerprint density at radius 3 is 2.63 bits per heavy atom. The Kier molecular flexibility index (Phi) is 3.84. The third-order valence-corrected chi connectivity index (χ3v) is 5.19. The third-order valence-electron chi connectivity index (χ3n) is 5.19. The number of aliphatic hydroxyl groups is 1. The molecule has 106 valence electrons. The van der Waals surface area contributed by atoms with Gasteiger partial charge < -0.3 is 15.7 Å². The van der Waals surface area contributed by atoms with Gasteiger partial charge in [-0.25, -0.2) is 0 Å². The molecule has 0 aromatic rings. The maximum Gasteiger partial charge on any atom is 0.241 e. The summed E-state index contributed by atoms with van der Waals surface area (Å²) in [5.74, 6) is 0.143. The summed E-state index contributed by atoms with van der Waals surface area (Å²) in [4.78, 5) is 14.3. The number of rotatable bonds is 3. The maximum absolute atomic E-state index is 12.6. The van der Waals surface area contributed by atoms with Crippen molar-refractivity contribution < 1.29 is 9.90 Å². The van der Waals surface area contributed by atoms with Gasteiger partial charge in [-0.15, -0.1) is 0 Å². The zero-order valence-corrected chi connectivity index (χ0v) is 11.7. The number of hydrogen-bond acceptors (Lipinski definition) is 4. The van der Waals surface area contributed by atoms with E-state index in [0.717, 1.165) is 19.3 Å². The van der Waals surface area contributed by atoms with Crippen molar-refractivity contribution in [1.82, 2.24) is 4.90 Å². The maximum atomic E-state index is 12.6. The number of nitrogens with two attached hydrogens (primary N) is 1. The van der Waals surface area contributed by atoms with Crippen LogP contribution in [0.4, 0.5) is 0 Å². The van der Waals surface area contributed by atoms with Crippen LogP contribution >= 0.6 is 0 Å². The van der Waals surface area contributed by atoms with Crippen molar-refractivity contribution >= 4 is 5.91 Å². The van der Waals surface area contributed by atoms with E-state index in [2.05, 4.69) is 13.0 Å². The van der Waals surface area contributed by atoms with Crippen molar-refractivity contribution in [3.63, 3.8) is 0 Å². The summed E-state index contributed by atoms with van der Waals surface area (Å²) in [5.41, 5.74) is 5.66. The molecule has 1 aliphatic carbocycles. The smallest absolute Gasteiger partial charge is 0.241 e. The van der Waals surface area contributed by atoms with Crippen LogP contribution in [-0.4, -0.2) is 40.6 Å². The molecule has 0 aromatic carbocycles. The summed E-state index contributed by atoms with van der Waals surface area (Å²) in [6.07, 6.45) is 3.31. The zero-order chi connectivity index (χ0) is 14.2. The molecule has 3 N–H and O–H groups in total. The highest BCUT2D eigenvalue weighted by Gasteiger charge is 2.49. The first-order chi connectivity index (χ1) is 8.96. The molecule has 0 bridgehead atoms. The number of carbonyl (C=O) groups is 1. The Labute approximate surface area is 114 Å². The summed E-state index contributed by atoms with van der Waals surface area (Å²) in [6, 6.07) is 1.18. The Balaban J connectivity index is 2.17. The minimum absolute atomic E-state index is 0.0408. The topological polar surface area (TPSA) is 90.4 Å². The SMILES string of the molecule is CC1[C@@H](C)C[C@@H](C#N)N1C(=O)[C@@H](N)C1(CO)CCC1. The lowest BCUT2D eigenvalue weighted by Crippen LogP contribution is -2.59. The van der Waals surface area contributed by atoms with Crippen LogP contribution in [0.3, 0.4) is 0 Å². The highest BCUT2D eigenvalue weighted by Crippen LogP contribution is 2.44. The number of hydrogen-bond donors (Lipinski definition) is 2. The molecule has 1 heterocycles. The van der Waals surface area contributed by atoms with Crippen LogP contribution in [0.15, 0.2) is 0 Å². The molecular weight excluding hydrogens is 242 g/mol. The summed E-state index contributed by atoms with van der Waals surface area (Å²) in [7, 11) is 0. The summed E-state index contributed by atoms with van der Waals surface area (Å²) in [6.45, 7) is 3.98. The number of nitriles is 1. The predicted molar refractivity (Wildman–Crippen MR) is 70.8 cm³/mol. The minimum Gasteiger partial charge on any atom is -0.396 e. The van der Waals surface area contributed by atoms with Crippen LogP contribution in [0.1, 0.15) is 39.5 Å². The summed E-state index contributed by atoms with van der Waals surface area (Å²) >= 11 is 0. The van der Waals surface area contributed by atoms with Gasteiger partial charge in [-0.05, 0) is 32.1 Å². The molecular formula is C14H23N3O2. The molecule has 2 aliphatic rings. The lowest BCUT2D eigenvalue weighted by Gasteiger charge is -2.45. The van der Waals surface area contributed by atoms with Gasteiger partial charge in [0.05, 0.1) is 18.7 Å². The second kappa shape index (κ2) is 5.10. The van der Waals surface area contributed by atoms with E-state index in [-0.39, 0.29) is 24.6 Å². The Morgan fingerprint density at radius 1 is 1.58 bits per heavy atom. The van der Waals surface area contributed by atoms with Gasteiger partial charge in [-0.3, -0.25) is 4.79 Å². The van der Waals surface area contributed by atoms with E-state index in [0.29, 0.717) is 12.3 Å². The van der Waals surface area contributed by atoms with Crippen molar-refractivity contribution in [1.29, 1.82) is 5.26 Å². The van der Waals surface area contributed by atoms with Crippen LogP contribution in [0.25, 0.3) is 0 Å². The second-order valence-electron chi connectivity index (χ2n) is 6.20. The average Bonchev–Trinajstić information content (AvgIpc) is 2.63. The molecule has 5 heteroatoms. The molecule has 0 spiro atoms. The Bertz CT molecular complexity index is 394. The lowest BCUT2D eigenvalue weighted by atomic mass is 9.64. The fraction of sp³-hybridized carbons (Fsp3) is 0.857. The Hall–Kier alpha value is -1.12. The predicted octanol–water partition coefficient (Wildman–Crippen LogP) is 0.625. The molecule has 19 heavy (non-hydrogen) atoms. The molecule has 1 aliphatic heterocycles. The highest BCUT2D eigenvalue weighted by atomic mass is 16.3. The van der Waals surface area contributed by atoms with Crippen LogP contribution in [-0.2, 0) is 4.79 Å². The highest BCUT2D eigenvalue weighted by molar-refractivity contribution is 5.84. The van der Waals surface area contributed by atoms with Crippen molar-refractivity contribution in [2.75, 3.05) is 6.61 Å². The summed E-state index contributed by atoms with van der Waals surface area (Å²) in [5, 5.41) is 18.7. The van der Waals surface area contributed by atoms with Gasteiger partial charge in [-0.2, -0.15) is 5.26 Å². The Morgan fingerprint density at radius 2 is 2.21 bits per heavy atom. The number of likely N-dealkylation sites (tertiary alicyclic amines) is 1. The quantitative estimate of drug-likeness (QED) is 0.783. The van der Waals surface area contributed by atoms with Crippen LogP contribution in [0.2, 0.25) is 0 Å². The van der Waals surface area contributed by atoms with Gasteiger partial charge in [-0.1, -0.05) is 13.3 Å². The first-order valence-corrected chi connectivity index (χ1v) is 7.05. The largest absolute Gasteiger partial charge is 0.396 e. The van der Waals surface area contributed by atoms with Crippen molar-refractivity contribution in [3.8, 4) is 6.07 Å². The number of carbonyl (C=O) groups excluding carboxylic acids is 1. The molecule has 5 nitrogen and oxygen atoms in total. The molecule has 2 fully saturated rings. The number of nitrogens with zero attached hydrogens (tertiary/aromatic N) is 2. The lowest BCUT2D eigenvalue weighted by molar-refractivity contribution is -0.141. The van der Waals surface area contributed by atoms with Crippen molar-refractivity contribution in [2.45, 2.75) is 57.7 Å². The number of aliphatic hydroxyl groups excluding tert-OH is 1. The van der Waals surface area contributed by atoms with Gasteiger partial charge in [0.1, 0.15) is 6.04 Å². The molecule has 1 saturated heterocycles. The van der Waals surface area contributed by atoms with E-state index < -0.39 is 11.5 Å². The van der Waals surface area contributed by atoms with E-state index in [1.54, 1.807) is 4.90 Å². The molecule has 2 rings (SSSR count). The molecule has 4 atom stereocenters. The van der Waals surface area contributed by atoms with Crippen LogP contribution < -0.4 is 5.73 Å². The molecule has 0 aromatic heterocycles. The van der Waals surface area contributed by atoms with E-state index in [4.69, 9.17) is 5.73 Å². The standard InChI is InChI=1S/C14H23N3O2/c1-9-6-11(7-15)17(10(9)2)13(19)12(16)14(8-18)4-3-5-14/h9-12,18H,3-6,8,16H2,1-2H3/t9-,10?,11-,12+/m0/s1. The van der Waals surface area contributed by atoms with Crippen molar-refractivity contribution in [3.05, 3.63) is 0 Å². The second-order valence-corrected chi connectivity index (χ2v) is 6.20. The number of amides is 1. The van der Waals surface area contributed by atoms with Gasteiger partial charge in [0.15, 0.2) is 0 Å². The van der Waals surface area contributed by atoms with Gasteiger partial charge in [0.25, 0.3) is 0 Å². The van der Waals surface area contributed by atoms with E-state index in [9.17, 15) is 15.2 Å². The van der Waals surface area contributed by atoms with E-state index in [1.165, 1.54) is 0 Å². The van der Waals surface area contributed by atoms with Gasteiger partial charge >= 0.3 is 0 Å². The monoisotopic (exact) mass is 265 g/mol. The zero-order valence-electron chi connectivity index (χ0n) is 11.7. The molecule has 1 unspecified atom stereocenters. The first kappa shape index (κ1) is 14.3. The fourth-order valence-corrected chi connectivity index (χ4v) is 3.31. The first-order valence-electron chi connectivity index (χ1n) is 7.05. The van der Waals surface area contributed by atoms with Crippen LogP contribution in [0, 0.1) is 22.7 Å². The summed E-state index contributed by atoms with van der Waals surface area (Å²) < 4.78 is 0. The molecule has 0 radical (unpaired) electrons. The third kappa shape index (κ3) is 2.13. The van der Waals surface area contributed by atoms with Crippen LogP contribution in [0.5, 0.6) is 0 Å².